The van der Waals surface area contributed by atoms with Gasteiger partial charge < -0.3 is 4.57 Å². The lowest BCUT2D eigenvalue weighted by Gasteiger charge is -2.25. The average Bonchev–Trinajstić information content (AvgIpc) is 2.89. The van der Waals surface area contributed by atoms with Crippen LogP contribution in [0.15, 0.2) is 53.4 Å². The Morgan fingerprint density at radius 1 is 1.12 bits per heavy atom. The fraction of sp³-hybridized carbons (Fsp3) is 0.300. The third-order valence-electron chi connectivity index (χ3n) is 5.11. The molecule has 1 aliphatic carbocycles. The second-order valence-electron chi connectivity index (χ2n) is 6.82. The SMILES string of the molecule is Cc1ccc2c(c1)c1c(n2C)C(NS(=O)(=O)c2ccccc2)CCC1. The maximum Gasteiger partial charge on any atom is 0.241 e. The van der Waals surface area contributed by atoms with Crippen molar-refractivity contribution in [3.05, 3.63) is 65.4 Å². The van der Waals surface area contributed by atoms with Crippen LogP contribution in [0.25, 0.3) is 10.9 Å². The van der Waals surface area contributed by atoms with Gasteiger partial charge >= 0.3 is 0 Å². The Morgan fingerprint density at radius 2 is 1.88 bits per heavy atom. The molecule has 4 nitrogen and oxygen atoms in total. The predicted molar refractivity (Wildman–Crippen MR) is 100 cm³/mol. The van der Waals surface area contributed by atoms with Crippen LogP contribution in [0.3, 0.4) is 0 Å². The molecule has 0 amide bonds. The van der Waals surface area contributed by atoms with Crippen molar-refractivity contribution in [2.45, 2.75) is 37.1 Å². The largest absolute Gasteiger partial charge is 0.346 e. The van der Waals surface area contributed by atoms with Crippen molar-refractivity contribution >= 4 is 20.9 Å². The van der Waals surface area contributed by atoms with E-state index >= 15 is 0 Å². The number of rotatable bonds is 3. The Balaban J connectivity index is 1.79. The molecule has 1 atom stereocenters. The van der Waals surface area contributed by atoms with Crippen LogP contribution in [0.1, 0.15) is 35.7 Å². The molecule has 1 aliphatic rings. The van der Waals surface area contributed by atoms with Crippen molar-refractivity contribution < 1.29 is 8.42 Å². The summed E-state index contributed by atoms with van der Waals surface area (Å²) in [6.07, 6.45) is 2.81. The van der Waals surface area contributed by atoms with E-state index in [1.165, 1.54) is 22.0 Å². The van der Waals surface area contributed by atoms with Crippen molar-refractivity contribution in [1.29, 1.82) is 0 Å². The minimum atomic E-state index is -3.53. The van der Waals surface area contributed by atoms with E-state index in [9.17, 15) is 8.42 Å². The van der Waals surface area contributed by atoms with Crippen molar-refractivity contribution in [2.75, 3.05) is 0 Å². The molecule has 1 N–H and O–H groups in total. The van der Waals surface area contributed by atoms with Gasteiger partial charge in [0, 0.05) is 23.6 Å². The summed E-state index contributed by atoms with van der Waals surface area (Å²) in [4.78, 5) is 0.316. The highest BCUT2D eigenvalue weighted by atomic mass is 32.2. The molecule has 1 heterocycles. The highest BCUT2D eigenvalue weighted by Gasteiger charge is 2.30. The summed E-state index contributed by atoms with van der Waals surface area (Å²) in [7, 11) is -1.49. The first kappa shape index (κ1) is 16.4. The molecule has 25 heavy (non-hydrogen) atoms. The number of fused-ring (bicyclic) bond motifs is 3. The molecule has 1 aromatic heterocycles. The number of aromatic nitrogens is 1. The van der Waals surface area contributed by atoms with Crippen LogP contribution in [-0.2, 0) is 23.5 Å². The molecule has 0 saturated heterocycles. The topological polar surface area (TPSA) is 51.1 Å². The van der Waals surface area contributed by atoms with Crippen molar-refractivity contribution in [3.63, 3.8) is 0 Å². The number of sulfonamides is 1. The van der Waals surface area contributed by atoms with E-state index in [0.29, 0.717) is 4.90 Å². The highest BCUT2D eigenvalue weighted by molar-refractivity contribution is 7.89. The Morgan fingerprint density at radius 3 is 2.64 bits per heavy atom. The molecule has 0 radical (unpaired) electrons. The van der Waals surface area contributed by atoms with Crippen LogP contribution in [-0.4, -0.2) is 13.0 Å². The van der Waals surface area contributed by atoms with Crippen LogP contribution in [0.4, 0.5) is 0 Å². The number of nitrogens with zero attached hydrogens (tertiary/aromatic N) is 1. The van der Waals surface area contributed by atoms with Gasteiger partial charge in [0.05, 0.1) is 10.9 Å². The molecule has 4 rings (SSSR count). The lowest BCUT2D eigenvalue weighted by atomic mass is 9.92. The first-order chi connectivity index (χ1) is 12.0. The first-order valence-electron chi connectivity index (χ1n) is 8.62. The molecule has 0 aliphatic heterocycles. The first-order valence-corrected chi connectivity index (χ1v) is 10.1. The van der Waals surface area contributed by atoms with Gasteiger partial charge in [-0.25, -0.2) is 13.1 Å². The predicted octanol–water partition coefficient (Wildman–Crippen LogP) is 3.84. The summed E-state index contributed by atoms with van der Waals surface area (Å²) < 4.78 is 30.6. The van der Waals surface area contributed by atoms with Crippen molar-refractivity contribution in [3.8, 4) is 0 Å². The van der Waals surface area contributed by atoms with Gasteiger partial charge in [0.15, 0.2) is 0 Å². The van der Waals surface area contributed by atoms with Crippen molar-refractivity contribution in [2.24, 2.45) is 7.05 Å². The summed E-state index contributed by atoms with van der Waals surface area (Å²) in [5.41, 5.74) is 4.79. The van der Waals surface area contributed by atoms with Gasteiger partial charge in [0.25, 0.3) is 0 Å². The van der Waals surface area contributed by atoms with E-state index < -0.39 is 10.0 Å². The normalized spacial score (nSPS) is 17.6. The summed E-state index contributed by atoms with van der Waals surface area (Å²) in [5, 5.41) is 1.25. The van der Waals surface area contributed by atoms with Gasteiger partial charge in [-0.15, -0.1) is 0 Å². The highest BCUT2D eigenvalue weighted by Crippen LogP contribution is 2.37. The lowest BCUT2D eigenvalue weighted by Crippen LogP contribution is -2.32. The zero-order valence-electron chi connectivity index (χ0n) is 14.5. The maximum absolute atomic E-state index is 12.8. The third kappa shape index (κ3) is 2.77. The molecule has 0 saturated carbocycles. The Bertz CT molecular complexity index is 1040. The molecule has 0 bridgehead atoms. The molecule has 130 valence electrons. The monoisotopic (exact) mass is 354 g/mol. The summed E-state index contributed by atoms with van der Waals surface area (Å²) in [5.74, 6) is 0. The number of benzene rings is 2. The fourth-order valence-electron chi connectivity index (χ4n) is 3.95. The second-order valence-corrected chi connectivity index (χ2v) is 8.54. The van der Waals surface area contributed by atoms with Gasteiger partial charge in [-0.2, -0.15) is 0 Å². The van der Waals surface area contributed by atoms with E-state index in [2.05, 4.69) is 34.4 Å². The fourth-order valence-corrected chi connectivity index (χ4v) is 5.21. The van der Waals surface area contributed by atoms with E-state index in [4.69, 9.17) is 0 Å². The minimum Gasteiger partial charge on any atom is -0.346 e. The smallest absolute Gasteiger partial charge is 0.241 e. The molecule has 0 fully saturated rings. The zero-order valence-corrected chi connectivity index (χ0v) is 15.3. The summed E-state index contributed by atoms with van der Waals surface area (Å²) in [6.45, 7) is 2.09. The van der Waals surface area contributed by atoms with Crippen LogP contribution in [0.2, 0.25) is 0 Å². The van der Waals surface area contributed by atoms with Crippen LogP contribution >= 0.6 is 0 Å². The molecule has 2 aromatic carbocycles. The Kier molecular flexibility index (Phi) is 3.93. The standard InChI is InChI=1S/C20H22N2O2S/c1-14-11-12-19-17(13-14)16-9-6-10-18(20(16)22(19)2)21-25(23,24)15-7-4-3-5-8-15/h3-5,7-8,11-13,18,21H,6,9-10H2,1-2H3. The summed E-state index contributed by atoms with van der Waals surface area (Å²) in [6, 6.07) is 14.9. The van der Waals surface area contributed by atoms with Gasteiger partial charge in [0.1, 0.15) is 0 Å². The average molecular weight is 354 g/mol. The van der Waals surface area contributed by atoms with Crippen molar-refractivity contribution in [1.82, 2.24) is 9.29 Å². The zero-order chi connectivity index (χ0) is 17.6. The Hall–Kier alpha value is -2.11. The second kappa shape index (κ2) is 6.00. The number of hydrogen-bond acceptors (Lipinski definition) is 2. The number of aryl methyl sites for hydroxylation is 3. The lowest BCUT2D eigenvalue weighted by molar-refractivity contribution is 0.489. The molecule has 5 heteroatoms. The number of hydrogen-bond donors (Lipinski definition) is 1. The van der Waals surface area contributed by atoms with E-state index in [-0.39, 0.29) is 6.04 Å². The molecule has 0 spiro atoms. The maximum atomic E-state index is 12.8. The van der Waals surface area contributed by atoms with Gasteiger partial charge in [-0.3, -0.25) is 0 Å². The molecule has 3 aromatic rings. The van der Waals surface area contributed by atoms with Crippen LogP contribution in [0.5, 0.6) is 0 Å². The van der Waals surface area contributed by atoms with Gasteiger partial charge in [-0.05, 0) is 56.0 Å². The van der Waals surface area contributed by atoms with E-state index in [1.807, 2.05) is 13.1 Å². The third-order valence-corrected chi connectivity index (χ3v) is 6.60. The van der Waals surface area contributed by atoms with E-state index in [0.717, 1.165) is 25.0 Å². The van der Waals surface area contributed by atoms with Crippen LogP contribution < -0.4 is 4.72 Å². The van der Waals surface area contributed by atoms with Gasteiger partial charge in [0.2, 0.25) is 10.0 Å². The molecular formula is C20H22N2O2S. The molecule has 1 unspecified atom stereocenters. The quantitative estimate of drug-likeness (QED) is 0.777. The minimum absolute atomic E-state index is 0.188. The van der Waals surface area contributed by atoms with Gasteiger partial charge in [-0.1, -0.05) is 29.8 Å². The molecular weight excluding hydrogens is 332 g/mol. The van der Waals surface area contributed by atoms with E-state index in [1.54, 1.807) is 24.3 Å². The number of nitrogens with one attached hydrogen (secondary N) is 1. The van der Waals surface area contributed by atoms with Crippen LogP contribution in [0, 0.1) is 6.92 Å². The summed E-state index contributed by atoms with van der Waals surface area (Å²) >= 11 is 0. The Labute approximate surface area is 148 Å².